The average molecular weight is 504 g/mol. The zero-order valence-electron chi connectivity index (χ0n) is 21.4. The average Bonchev–Trinajstić information content (AvgIpc) is 2.78. The molecule has 2 amide bonds. The Morgan fingerprint density at radius 2 is 1.71 bits per heavy atom. The zero-order valence-corrected chi connectivity index (χ0v) is 22.3. The maximum absolute atomic E-state index is 13.3. The van der Waals surface area contributed by atoms with E-state index in [9.17, 15) is 18.0 Å². The van der Waals surface area contributed by atoms with Crippen LogP contribution >= 0.6 is 0 Å². The SMILES string of the molecule is COc1cccc(N(CCCC(=O)N(Cc2ccccc2)[C@H](C)C(=O)NC(C)(C)C)S(C)(=O)=O)c1. The largest absolute Gasteiger partial charge is 0.497 e. The van der Waals surface area contributed by atoms with Gasteiger partial charge < -0.3 is 15.0 Å². The summed E-state index contributed by atoms with van der Waals surface area (Å²) in [5.74, 6) is 0.0837. The predicted octanol–water partition coefficient (Wildman–Crippen LogP) is 3.57. The number of ether oxygens (including phenoxy) is 1. The smallest absolute Gasteiger partial charge is 0.242 e. The third-order valence-corrected chi connectivity index (χ3v) is 6.55. The highest BCUT2D eigenvalue weighted by Gasteiger charge is 2.28. The van der Waals surface area contributed by atoms with Crippen molar-refractivity contribution in [3.63, 3.8) is 0 Å². The molecule has 0 unspecified atom stereocenters. The maximum atomic E-state index is 13.3. The molecule has 0 aliphatic rings. The van der Waals surface area contributed by atoms with Crippen molar-refractivity contribution in [1.82, 2.24) is 10.2 Å². The lowest BCUT2D eigenvalue weighted by Gasteiger charge is -2.32. The van der Waals surface area contributed by atoms with Gasteiger partial charge in [0.1, 0.15) is 11.8 Å². The first-order valence-corrected chi connectivity index (χ1v) is 13.4. The van der Waals surface area contributed by atoms with Gasteiger partial charge in [0.2, 0.25) is 21.8 Å². The number of carbonyl (C=O) groups is 2. The van der Waals surface area contributed by atoms with Crippen molar-refractivity contribution in [2.45, 2.75) is 58.7 Å². The number of anilines is 1. The van der Waals surface area contributed by atoms with Crippen LogP contribution in [0.15, 0.2) is 54.6 Å². The topological polar surface area (TPSA) is 96.0 Å². The van der Waals surface area contributed by atoms with Crippen LogP contribution in [0, 0.1) is 0 Å². The lowest BCUT2D eigenvalue weighted by Crippen LogP contribution is -2.52. The summed E-state index contributed by atoms with van der Waals surface area (Å²) < 4.78 is 31.4. The third kappa shape index (κ3) is 8.90. The molecule has 0 aliphatic carbocycles. The van der Waals surface area contributed by atoms with Crippen molar-refractivity contribution in [2.24, 2.45) is 0 Å². The number of carbonyl (C=O) groups excluding carboxylic acids is 2. The molecule has 1 N–H and O–H groups in total. The Kier molecular flexibility index (Phi) is 9.71. The Balaban J connectivity index is 2.17. The quantitative estimate of drug-likeness (QED) is 0.506. The molecule has 2 aromatic rings. The van der Waals surface area contributed by atoms with Crippen molar-refractivity contribution in [3.05, 3.63) is 60.2 Å². The van der Waals surface area contributed by atoms with Crippen LogP contribution in [-0.4, -0.2) is 56.6 Å². The minimum absolute atomic E-state index is 0.0932. The number of amides is 2. The van der Waals surface area contributed by atoms with Gasteiger partial charge in [0.25, 0.3) is 0 Å². The number of sulfonamides is 1. The molecule has 0 radical (unpaired) electrons. The van der Waals surface area contributed by atoms with Crippen LogP contribution in [-0.2, 0) is 26.2 Å². The third-order valence-electron chi connectivity index (χ3n) is 5.35. The van der Waals surface area contributed by atoms with Crippen molar-refractivity contribution in [3.8, 4) is 5.75 Å². The summed E-state index contributed by atoms with van der Waals surface area (Å²) in [6.07, 6.45) is 1.52. The molecule has 2 aromatic carbocycles. The van der Waals surface area contributed by atoms with Gasteiger partial charge in [-0.05, 0) is 51.8 Å². The van der Waals surface area contributed by atoms with Crippen LogP contribution in [0.4, 0.5) is 5.69 Å². The normalized spacial score (nSPS) is 12.5. The van der Waals surface area contributed by atoms with Crippen molar-refractivity contribution >= 4 is 27.5 Å². The second-order valence-corrected chi connectivity index (χ2v) is 11.5. The number of benzene rings is 2. The Bertz CT molecular complexity index is 1100. The van der Waals surface area contributed by atoms with E-state index in [1.807, 2.05) is 51.1 Å². The molecular formula is C26H37N3O5S. The second kappa shape index (κ2) is 12.1. The van der Waals surface area contributed by atoms with Crippen LogP contribution in [0.1, 0.15) is 46.1 Å². The second-order valence-electron chi connectivity index (χ2n) is 9.56. The summed E-state index contributed by atoms with van der Waals surface area (Å²) in [5, 5.41) is 2.93. The highest BCUT2D eigenvalue weighted by molar-refractivity contribution is 7.92. The van der Waals surface area contributed by atoms with E-state index in [2.05, 4.69) is 5.32 Å². The fraction of sp³-hybridized carbons (Fsp3) is 0.462. The molecule has 1 atom stereocenters. The first-order valence-electron chi connectivity index (χ1n) is 11.6. The van der Waals surface area contributed by atoms with E-state index >= 15 is 0 Å². The molecule has 35 heavy (non-hydrogen) atoms. The van der Waals surface area contributed by atoms with Gasteiger partial charge in [0.05, 0.1) is 19.1 Å². The molecule has 0 fully saturated rings. The Labute approximate surface area is 209 Å². The summed E-state index contributed by atoms with van der Waals surface area (Å²) >= 11 is 0. The molecule has 0 saturated carbocycles. The molecule has 0 spiro atoms. The molecule has 192 valence electrons. The number of hydrogen-bond donors (Lipinski definition) is 1. The molecule has 0 aromatic heterocycles. The van der Waals surface area contributed by atoms with E-state index in [0.29, 0.717) is 17.9 Å². The lowest BCUT2D eigenvalue weighted by molar-refractivity contribution is -0.141. The number of methoxy groups -OCH3 is 1. The van der Waals surface area contributed by atoms with Crippen molar-refractivity contribution in [1.29, 1.82) is 0 Å². The number of nitrogens with zero attached hydrogens (tertiary/aromatic N) is 2. The van der Waals surface area contributed by atoms with Crippen LogP contribution in [0.5, 0.6) is 5.75 Å². The van der Waals surface area contributed by atoms with E-state index in [0.717, 1.165) is 11.8 Å². The summed E-state index contributed by atoms with van der Waals surface area (Å²) in [7, 11) is -2.06. The molecule has 0 aliphatic heterocycles. The van der Waals surface area contributed by atoms with E-state index < -0.39 is 21.6 Å². The minimum atomic E-state index is -3.57. The number of nitrogens with one attached hydrogen (secondary N) is 1. The van der Waals surface area contributed by atoms with Gasteiger partial charge in [0.15, 0.2) is 0 Å². The summed E-state index contributed by atoms with van der Waals surface area (Å²) in [6, 6.07) is 15.6. The van der Waals surface area contributed by atoms with Crippen LogP contribution in [0.2, 0.25) is 0 Å². The highest BCUT2D eigenvalue weighted by atomic mass is 32.2. The first-order chi connectivity index (χ1) is 16.3. The lowest BCUT2D eigenvalue weighted by atomic mass is 10.1. The molecular weight excluding hydrogens is 466 g/mol. The first kappa shape index (κ1) is 28.2. The van der Waals surface area contributed by atoms with Crippen LogP contribution in [0.25, 0.3) is 0 Å². The minimum Gasteiger partial charge on any atom is -0.497 e. The molecule has 0 heterocycles. The van der Waals surface area contributed by atoms with E-state index in [-0.39, 0.29) is 31.3 Å². The van der Waals surface area contributed by atoms with E-state index in [4.69, 9.17) is 4.74 Å². The van der Waals surface area contributed by atoms with Crippen molar-refractivity contribution in [2.75, 3.05) is 24.2 Å². The van der Waals surface area contributed by atoms with Gasteiger partial charge in [0, 0.05) is 31.1 Å². The van der Waals surface area contributed by atoms with Gasteiger partial charge in [-0.1, -0.05) is 36.4 Å². The Hall–Kier alpha value is -3.07. The zero-order chi connectivity index (χ0) is 26.2. The predicted molar refractivity (Wildman–Crippen MR) is 139 cm³/mol. The highest BCUT2D eigenvalue weighted by Crippen LogP contribution is 2.24. The summed E-state index contributed by atoms with van der Waals surface area (Å²) in [4.78, 5) is 27.7. The Morgan fingerprint density at radius 1 is 1.06 bits per heavy atom. The monoisotopic (exact) mass is 503 g/mol. The van der Waals surface area contributed by atoms with E-state index in [1.54, 1.807) is 36.1 Å². The van der Waals surface area contributed by atoms with Gasteiger partial charge in [-0.25, -0.2) is 8.42 Å². The summed E-state index contributed by atoms with van der Waals surface area (Å²) in [5.41, 5.74) is 0.947. The molecule has 0 saturated heterocycles. The molecule has 2 rings (SSSR count). The molecule has 0 bridgehead atoms. The van der Waals surface area contributed by atoms with Gasteiger partial charge in [-0.15, -0.1) is 0 Å². The number of hydrogen-bond acceptors (Lipinski definition) is 5. The van der Waals surface area contributed by atoms with Crippen LogP contribution < -0.4 is 14.4 Å². The van der Waals surface area contributed by atoms with Gasteiger partial charge in [-0.3, -0.25) is 13.9 Å². The standard InChI is InChI=1S/C26H37N3O5S/c1-20(25(31)27-26(2,3)4)28(19-21-12-8-7-9-13-21)24(30)16-11-17-29(35(6,32)33)22-14-10-15-23(18-22)34-5/h7-10,12-15,18,20H,11,16-17,19H2,1-6H3,(H,27,31)/t20-/m1/s1. The van der Waals surface area contributed by atoms with Gasteiger partial charge >= 0.3 is 0 Å². The Morgan fingerprint density at radius 3 is 2.29 bits per heavy atom. The fourth-order valence-electron chi connectivity index (χ4n) is 3.61. The summed E-state index contributed by atoms with van der Waals surface area (Å²) in [6.45, 7) is 7.78. The maximum Gasteiger partial charge on any atom is 0.242 e. The molecule has 8 nitrogen and oxygen atoms in total. The van der Waals surface area contributed by atoms with Gasteiger partial charge in [-0.2, -0.15) is 0 Å². The van der Waals surface area contributed by atoms with E-state index in [1.165, 1.54) is 11.4 Å². The molecule has 9 heteroatoms. The fourth-order valence-corrected chi connectivity index (χ4v) is 4.56. The van der Waals surface area contributed by atoms with Crippen molar-refractivity contribution < 1.29 is 22.7 Å². The number of rotatable bonds is 11. The van der Waals surface area contributed by atoms with Crippen LogP contribution in [0.3, 0.4) is 0 Å².